The molecule has 0 saturated carbocycles. The number of anilines is 1. The number of ether oxygens (including phenoxy) is 1. The van der Waals surface area contributed by atoms with Gasteiger partial charge in [0.2, 0.25) is 11.8 Å². The molecule has 0 aromatic heterocycles. The summed E-state index contributed by atoms with van der Waals surface area (Å²) in [6, 6.07) is 11.6. The van der Waals surface area contributed by atoms with Crippen LogP contribution in [0.1, 0.15) is 5.56 Å². The van der Waals surface area contributed by atoms with Gasteiger partial charge in [-0.15, -0.1) is 0 Å². The van der Waals surface area contributed by atoms with Crippen LogP contribution in [0.3, 0.4) is 0 Å². The molecule has 2 aromatic carbocycles. The van der Waals surface area contributed by atoms with E-state index >= 15 is 0 Å². The van der Waals surface area contributed by atoms with Gasteiger partial charge in [-0.05, 0) is 35.9 Å². The second-order valence-corrected chi connectivity index (χ2v) is 7.26. The number of carbonyl (C=O) groups excluding carboxylic acids is 2. The van der Waals surface area contributed by atoms with E-state index < -0.39 is 5.82 Å². The molecule has 2 amide bonds. The summed E-state index contributed by atoms with van der Waals surface area (Å²) in [7, 11) is 1.40. The van der Waals surface area contributed by atoms with Crippen molar-refractivity contribution in [2.24, 2.45) is 0 Å². The summed E-state index contributed by atoms with van der Waals surface area (Å²) in [5.74, 6) is -0.611. The minimum atomic E-state index is -0.476. The van der Waals surface area contributed by atoms with Gasteiger partial charge in [-0.2, -0.15) is 0 Å². The number of halogens is 2. The van der Waals surface area contributed by atoms with Crippen LogP contribution in [0.15, 0.2) is 48.5 Å². The number of piperazine rings is 1. The van der Waals surface area contributed by atoms with Crippen molar-refractivity contribution < 1.29 is 18.7 Å². The fraction of sp³-hybridized carbons (Fsp3) is 0.273. The molecule has 0 atom stereocenters. The average Bonchev–Trinajstić information content (AvgIpc) is 2.74. The SMILES string of the molecule is COc1ccc(/C=C/C(=O)N2CCN(CC(=O)Nc3ccccc3Cl)CC2)cc1F. The van der Waals surface area contributed by atoms with Crippen LogP contribution in [0, 0.1) is 5.82 Å². The molecule has 0 spiro atoms. The lowest BCUT2D eigenvalue weighted by atomic mass is 10.2. The summed E-state index contributed by atoms with van der Waals surface area (Å²) in [5, 5.41) is 3.29. The van der Waals surface area contributed by atoms with E-state index in [1.165, 1.54) is 25.3 Å². The summed E-state index contributed by atoms with van der Waals surface area (Å²) in [4.78, 5) is 28.3. The van der Waals surface area contributed by atoms with Crippen molar-refractivity contribution in [1.29, 1.82) is 0 Å². The van der Waals surface area contributed by atoms with Crippen molar-refractivity contribution in [2.45, 2.75) is 0 Å². The zero-order valence-electron chi connectivity index (χ0n) is 16.6. The molecule has 1 N–H and O–H groups in total. The lowest BCUT2D eigenvalue weighted by Gasteiger charge is -2.33. The van der Waals surface area contributed by atoms with Gasteiger partial charge in [0.05, 0.1) is 24.4 Å². The maximum absolute atomic E-state index is 13.7. The van der Waals surface area contributed by atoms with Gasteiger partial charge in [-0.3, -0.25) is 14.5 Å². The zero-order valence-corrected chi connectivity index (χ0v) is 17.4. The standard InChI is InChI=1S/C22H23ClFN3O3/c1-30-20-8-6-16(14-18(20)24)7-9-22(29)27-12-10-26(11-13-27)15-21(28)25-19-5-3-2-4-17(19)23/h2-9,14H,10-13,15H2,1H3,(H,25,28)/b9-7+. The Hall–Kier alpha value is -2.90. The molecule has 8 heteroatoms. The van der Waals surface area contributed by atoms with Crippen LogP contribution in [0.4, 0.5) is 10.1 Å². The first-order chi connectivity index (χ1) is 14.5. The van der Waals surface area contributed by atoms with Gasteiger partial charge in [0.1, 0.15) is 0 Å². The van der Waals surface area contributed by atoms with Crippen LogP contribution in [0.5, 0.6) is 5.75 Å². The highest BCUT2D eigenvalue weighted by Crippen LogP contribution is 2.20. The Morgan fingerprint density at radius 3 is 2.57 bits per heavy atom. The number of hydrogen-bond donors (Lipinski definition) is 1. The van der Waals surface area contributed by atoms with Crippen LogP contribution in [0.25, 0.3) is 6.08 Å². The van der Waals surface area contributed by atoms with Crippen molar-refractivity contribution in [3.05, 3.63) is 64.9 Å². The predicted molar refractivity (Wildman–Crippen MR) is 115 cm³/mol. The molecule has 3 rings (SSSR count). The minimum Gasteiger partial charge on any atom is -0.494 e. The van der Waals surface area contributed by atoms with Crippen molar-refractivity contribution in [2.75, 3.05) is 45.2 Å². The number of benzene rings is 2. The number of rotatable bonds is 6. The smallest absolute Gasteiger partial charge is 0.246 e. The highest BCUT2D eigenvalue weighted by molar-refractivity contribution is 6.33. The fourth-order valence-electron chi connectivity index (χ4n) is 3.14. The minimum absolute atomic E-state index is 0.147. The number of carbonyl (C=O) groups is 2. The van der Waals surface area contributed by atoms with Gasteiger partial charge in [0.15, 0.2) is 11.6 Å². The van der Waals surface area contributed by atoms with E-state index in [1.54, 1.807) is 41.3 Å². The summed E-state index contributed by atoms with van der Waals surface area (Å²) < 4.78 is 18.6. The zero-order chi connectivity index (χ0) is 21.5. The Balaban J connectivity index is 1.46. The Bertz CT molecular complexity index is 943. The maximum Gasteiger partial charge on any atom is 0.246 e. The van der Waals surface area contributed by atoms with Crippen LogP contribution in [0.2, 0.25) is 5.02 Å². The third-order valence-corrected chi connectivity index (χ3v) is 5.12. The lowest BCUT2D eigenvalue weighted by Crippen LogP contribution is -2.50. The van der Waals surface area contributed by atoms with Crippen LogP contribution >= 0.6 is 11.6 Å². The first-order valence-electron chi connectivity index (χ1n) is 9.53. The summed E-state index contributed by atoms with van der Waals surface area (Å²) >= 11 is 6.06. The van der Waals surface area contributed by atoms with E-state index in [0.717, 1.165) is 0 Å². The molecule has 158 valence electrons. The largest absolute Gasteiger partial charge is 0.494 e. The molecule has 2 aromatic rings. The number of amides is 2. The summed E-state index contributed by atoms with van der Waals surface area (Å²) in [6.07, 6.45) is 3.01. The number of para-hydroxylation sites is 1. The van der Waals surface area contributed by atoms with E-state index in [0.29, 0.717) is 42.5 Å². The van der Waals surface area contributed by atoms with E-state index in [4.69, 9.17) is 16.3 Å². The monoisotopic (exact) mass is 431 g/mol. The summed E-state index contributed by atoms with van der Waals surface area (Å²) in [6.45, 7) is 2.44. The molecule has 1 aliphatic rings. The molecule has 0 aliphatic carbocycles. The van der Waals surface area contributed by atoms with E-state index in [9.17, 15) is 14.0 Å². The Kier molecular flexibility index (Phi) is 7.43. The average molecular weight is 432 g/mol. The molecule has 1 saturated heterocycles. The molecule has 0 unspecified atom stereocenters. The lowest BCUT2D eigenvalue weighted by molar-refractivity contribution is -0.127. The molecule has 1 heterocycles. The molecule has 0 bridgehead atoms. The van der Waals surface area contributed by atoms with Gasteiger partial charge in [-0.1, -0.05) is 29.8 Å². The molecular weight excluding hydrogens is 409 g/mol. The number of methoxy groups -OCH3 is 1. The van der Waals surface area contributed by atoms with E-state index in [2.05, 4.69) is 5.32 Å². The molecular formula is C22H23ClFN3O3. The molecule has 30 heavy (non-hydrogen) atoms. The topological polar surface area (TPSA) is 61.9 Å². The van der Waals surface area contributed by atoms with E-state index in [-0.39, 0.29) is 24.1 Å². The molecule has 0 radical (unpaired) electrons. The quantitative estimate of drug-likeness (QED) is 0.713. The highest BCUT2D eigenvalue weighted by Gasteiger charge is 2.21. The first-order valence-corrected chi connectivity index (χ1v) is 9.91. The van der Waals surface area contributed by atoms with Crippen molar-refractivity contribution >= 4 is 35.2 Å². The van der Waals surface area contributed by atoms with Gasteiger partial charge < -0.3 is 15.0 Å². The number of nitrogens with zero attached hydrogens (tertiary/aromatic N) is 2. The van der Waals surface area contributed by atoms with Gasteiger partial charge >= 0.3 is 0 Å². The van der Waals surface area contributed by atoms with Crippen molar-refractivity contribution in [1.82, 2.24) is 9.80 Å². The maximum atomic E-state index is 13.7. The van der Waals surface area contributed by atoms with Gasteiger partial charge in [-0.25, -0.2) is 4.39 Å². The van der Waals surface area contributed by atoms with Crippen LogP contribution < -0.4 is 10.1 Å². The van der Waals surface area contributed by atoms with Crippen molar-refractivity contribution in [3.8, 4) is 5.75 Å². The normalized spacial score (nSPS) is 14.7. The highest BCUT2D eigenvalue weighted by atomic mass is 35.5. The van der Waals surface area contributed by atoms with Gasteiger partial charge in [0, 0.05) is 32.3 Å². The second kappa shape index (κ2) is 10.2. The predicted octanol–water partition coefficient (Wildman–Crippen LogP) is 3.28. The Labute approximate surface area is 179 Å². The van der Waals surface area contributed by atoms with Crippen LogP contribution in [-0.4, -0.2) is 61.4 Å². The third-order valence-electron chi connectivity index (χ3n) is 4.79. The second-order valence-electron chi connectivity index (χ2n) is 6.86. The Morgan fingerprint density at radius 2 is 1.90 bits per heavy atom. The summed E-state index contributed by atoms with van der Waals surface area (Å²) in [5.41, 5.74) is 1.16. The number of nitrogens with one attached hydrogen (secondary N) is 1. The number of hydrogen-bond acceptors (Lipinski definition) is 4. The molecule has 6 nitrogen and oxygen atoms in total. The van der Waals surface area contributed by atoms with E-state index in [1.807, 2.05) is 4.90 Å². The third kappa shape index (κ3) is 5.81. The molecule has 1 fully saturated rings. The van der Waals surface area contributed by atoms with Gasteiger partial charge in [0.25, 0.3) is 0 Å². The molecule has 1 aliphatic heterocycles. The van der Waals surface area contributed by atoms with Crippen molar-refractivity contribution in [3.63, 3.8) is 0 Å². The fourth-order valence-corrected chi connectivity index (χ4v) is 3.32. The van der Waals surface area contributed by atoms with Crippen LogP contribution in [-0.2, 0) is 9.59 Å². The first kappa shape index (κ1) is 21.8. The Morgan fingerprint density at radius 1 is 1.17 bits per heavy atom.